The molecule has 0 bridgehead atoms. The summed E-state index contributed by atoms with van der Waals surface area (Å²) in [6.45, 7) is 1.87. The fraction of sp³-hybridized carbons (Fsp3) is 0.105. The molecule has 11 heteroatoms. The van der Waals surface area contributed by atoms with Crippen LogP contribution in [0.15, 0.2) is 52.2 Å². The molecule has 30 heavy (non-hydrogen) atoms. The highest BCUT2D eigenvalue weighted by Gasteiger charge is 2.23. The second kappa shape index (κ2) is 7.71. The van der Waals surface area contributed by atoms with Gasteiger partial charge in [-0.2, -0.15) is 9.97 Å². The Balaban J connectivity index is 1.82. The predicted octanol–water partition coefficient (Wildman–Crippen LogP) is 4.22. The van der Waals surface area contributed by atoms with Crippen LogP contribution in [0.3, 0.4) is 0 Å². The number of thiophene rings is 1. The van der Waals surface area contributed by atoms with Gasteiger partial charge >= 0.3 is 5.97 Å². The highest BCUT2D eigenvalue weighted by Crippen LogP contribution is 2.31. The molecule has 0 saturated heterocycles. The smallest absolute Gasteiger partial charge is 0.340 e. The Kier molecular flexibility index (Phi) is 5.22. The van der Waals surface area contributed by atoms with Crippen LogP contribution in [-0.4, -0.2) is 35.4 Å². The van der Waals surface area contributed by atoms with E-state index in [1.807, 2.05) is 6.92 Å². The molecular formula is C19H15ClN4O4S2. The number of fused-ring (bicyclic) bond motifs is 1. The monoisotopic (exact) mass is 462 g/mol. The van der Waals surface area contributed by atoms with Gasteiger partial charge in [0.2, 0.25) is 5.28 Å². The summed E-state index contributed by atoms with van der Waals surface area (Å²) in [4.78, 5) is 20.3. The lowest BCUT2D eigenvalue weighted by Gasteiger charge is -2.10. The van der Waals surface area contributed by atoms with Crippen LogP contribution in [0.5, 0.6) is 0 Å². The number of esters is 1. The molecule has 154 valence electrons. The van der Waals surface area contributed by atoms with Crippen molar-refractivity contribution in [3.8, 4) is 0 Å². The molecule has 4 rings (SSSR count). The molecule has 8 nitrogen and oxygen atoms in total. The van der Waals surface area contributed by atoms with E-state index < -0.39 is 16.0 Å². The van der Waals surface area contributed by atoms with Gasteiger partial charge in [-0.25, -0.2) is 17.2 Å². The molecule has 1 aromatic carbocycles. The van der Waals surface area contributed by atoms with E-state index in [4.69, 9.17) is 16.3 Å². The maximum atomic E-state index is 13.1. The first-order valence-corrected chi connectivity index (χ1v) is 11.4. The number of aryl methyl sites for hydroxylation is 1. The van der Waals surface area contributed by atoms with E-state index in [9.17, 15) is 13.2 Å². The number of methoxy groups -OCH3 is 1. The van der Waals surface area contributed by atoms with Crippen molar-refractivity contribution in [2.45, 2.75) is 11.8 Å². The maximum Gasteiger partial charge on any atom is 0.340 e. The number of ether oxygens (including phenoxy) is 1. The quantitative estimate of drug-likeness (QED) is 0.349. The number of benzene rings is 1. The Hall–Kier alpha value is -2.95. The van der Waals surface area contributed by atoms with Crippen molar-refractivity contribution in [2.24, 2.45) is 0 Å². The highest BCUT2D eigenvalue weighted by molar-refractivity contribution is 7.90. The maximum absolute atomic E-state index is 13.1. The second-order valence-electron chi connectivity index (χ2n) is 6.32. The third kappa shape index (κ3) is 3.53. The van der Waals surface area contributed by atoms with Gasteiger partial charge in [-0.3, -0.25) is 0 Å². The van der Waals surface area contributed by atoms with Gasteiger partial charge in [-0.1, -0.05) is 17.7 Å². The van der Waals surface area contributed by atoms with Crippen LogP contribution in [-0.2, 0) is 14.8 Å². The number of hydrogen-bond donors (Lipinski definition) is 1. The number of anilines is 2. The molecule has 0 radical (unpaired) electrons. The summed E-state index contributed by atoms with van der Waals surface area (Å²) in [6.07, 6.45) is 1.39. The minimum Gasteiger partial charge on any atom is -0.465 e. The lowest BCUT2D eigenvalue weighted by Crippen LogP contribution is -2.13. The summed E-state index contributed by atoms with van der Waals surface area (Å²) in [7, 11) is -2.60. The Morgan fingerprint density at radius 1 is 1.17 bits per heavy atom. The number of halogens is 1. The zero-order valence-electron chi connectivity index (χ0n) is 15.8. The first-order valence-electron chi connectivity index (χ1n) is 8.59. The predicted molar refractivity (Wildman–Crippen MR) is 115 cm³/mol. The SMILES string of the molecule is COC(=O)c1cscc1Nc1nc(Cl)nc2c1ccn2S(=O)(=O)c1ccc(C)cc1. The van der Waals surface area contributed by atoms with Crippen LogP contribution in [0, 0.1) is 6.92 Å². The first kappa shape index (κ1) is 20.3. The molecule has 0 unspecified atom stereocenters. The van der Waals surface area contributed by atoms with Gasteiger partial charge < -0.3 is 10.1 Å². The van der Waals surface area contributed by atoms with Crippen LogP contribution in [0.4, 0.5) is 11.5 Å². The summed E-state index contributed by atoms with van der Waals surface area (Å²) in [5, 5.41) is 6.67. The van der Waals surface area contributed by atoms with Crippen LogP contribution in [0.1, 0.15) is 15.9 Å². The van der Waals surface area contributed by atoms with Crippen LogP contribution >= 0.6 is 22.9 Å². The van der Waals surface area contributed by atoms with E-state index in [1.54, 1.807) is 29.0 Å². The Morgan fingerprint density at radius 3 is 2.60 bits per heavy atom. The molecule has 0 aliphatic rings. The molecule has 0 fully saturated rings. The number of rotatable bonds is 5. The minimum atomic E-state index is -3.89. The van der Waals surface area contributed by atoms with E-state index in [2.05, 4.69) is 15.3 Å². The summed E-state index contributed by atoms with van der Waals surface area (Å²) < 4.78 is 32.1. The molecule has 0 aliphatic carbocycles. The molecule has 1 N–H and O–H groups in total. The topological polar surface area (TPSA) is 103 Å². The Bertz CT molecular complexity index is 1360. The van der Waals surface area contributed by atoms with E-state index in [0.29, 0.717) is 16.6 Å². The van der Waals surface area contributed by atoms with Crippen molar-refractivity contribution in [2.75, 3.05) is 12.4 Å². The minimum absolute atomic E-state index is 0.118. The van der Waals surface area contributed by atoms with Gasteiger partial charge in [0, 0.05) is 17.0 Å². The standard InChI is InChI=1S/C19H15ClN4O4S2/c1-11-3-5-12(6-4-11)30(26,27)24-8-7-13-16(22-19(20)23-17(13)24)21-15-10-29-9-14(15)18(25)28-2/h3-10H,1-2H3,(H,21,22,23). The third-order valence-corrected chi connectivity index (χ3v) is 6.97. The van der Waals surface area contributed by atoms with E-state index >= 15 is 0 Å². The summed E-state index contributed by atoms with van der Waals surface area (Å²) >= 11 is 7.39. The number of nitrogens with zero attached hydrogens (tertiary/aromatic N) is 3. The number of aromatic nitrogens is 3. The molecule has 4 aromatic rings. The summed E-state index contributed by atoms with van der Waals surface area (Å²) in [5.74, 6) is -0.235. The summed E-state index contributed by atoms with van der Waals surface area (Å²) in [6, 6.07) is 8.08. The lowest BCUT2D eigenvalue weighted by molar-refractivity contribution is 0.0602. The van der Waals surface area contributed by atoms with Gasteiger partial charge in [-0.05, 0) is 36.7 Å². The molecule has 0 aliphatic heterocycles. The molecule has 3 heterocycles. The lowest BCUT2D eigenvalue weighted by atomic mass is 10.2. The molecular weight excluding hydrogens is 448 g/mol. The van der Waals surface area contributed by atoms with Crippen molar-refractivity contribution >= 4 is 61.5 Å². The average Bonchev–Trinajstić information content (AvgIpc) is 3.35. The van der Waals surface area contributed by atoms with Crippen molar-refractivity contribution in [1.82, 2.24) is 13.9 Å². The van der Waals surface area contributed by atoms with Crippen molar-refractivity contribution in [3.05, 3.63) is 63.7 Å². The average molecular weight is 463 g/mol. The van der Waals surface area contributed by atoms with Gasteiger partial charge in [0.25, 0.3) is 10.0 Å². The molecule has 0 saturated carbocycles. The fourth-order valence-electron chi connectivity index (χ4n) is 2.87. The van der Waals surface area contributed by atoms with Crippen molar-refractivity contribution in [1.29, 1.82) is 0 Å². The largest absolute Gasteiger partial charge is 0.465 e. The molecule has 0 amide bonds. The zero-order chi connectivity index (χ0) is 21.5. The molecule has 0 spiro atoms. The first-order chi connectivity index (χ1) is 14.3. The van der Waals surface area contributed by atoms with Gasteiger partial charge in [0.05, 0.1) is 28.6 Å². The molecule has 0 atom stereocenters. The fourth-order valence-corrected chi connectivity index (χ4v) is 5.08. The van der Waals surface area contributed by atoms with E-state index in [0.717, 1.165) is 9.54 Å². The van der Waals surface area contributed by atoms with Gasteiger partial charge in [0.15, 0.2) is 5.65 Å². The van der Waals surface area contributed by atoms with Crippen molar-refractivity contribution in [3.63, 3.8) is 0 Å². The van der Waals surface area contributed by atoms with Crippen LogP contribution < -0.4 is 5.32 Å². The van der Waals surface area contributed by atoms with Crippen molar-refractivity contribution < 1.29 is 17.9 Å². The Morgan fingerprint density at radius 2 is 1.90 bits per heavy atom. The van der Waals surface area contributed by atoms with Gasteiger partial charge in [-0.15, -0.1) is 11.3 Å². The zero-order valence-corrected chi connectivity index (χ0v) is 18.2. The number of carbonyl (C=O) groups excluding carboxylic acids is 1. The number of hydrogen-bond acceptors (Lipinski definition) is 8. The van der Waals surface area contributed by atoms with Gasteiger partial charge in [0.1, 0.15) is 5.82 Å². The summed E-state index contributed by atoms with van der Waals surface area (Å²) in [5.41, 5.74) is 1.86. The number of carbonyl (C=O) groups is 1. The Labute approximate surface area is 181 Å². The van der Waals surface area contributed by atoms with E-state index in [1.165, 1.54) is 36.8 Å². The van der Waals surface area contributed by atoms with Crippen LogP contribution in [0.2, 0.25) is 5.28 Å². The number of nitrogens with one attached hydrogen (secondary N) is 1. The highest BCUT2D eigenvalue weighted by atomic mass is 35.5. The molecule has 3 aromatic heterocycles. The van der Waals surface area contributed by atoms with E-state index in [-0.39, 0.29) is 21.6 Å². The normalized spacial score (nSPS) is 11.6. The third-order valence-electron chi connectivity index (χ3n) is 4.38. The second-order valence-corrected chi connectivity index (χ2v) is 9.22. The van der Waals surface area contributed by atoms with Crippen LogP contribution in [0.25, 0.3) is 11.0 Å².